The molecule has 0 saturated carbocycles. The van der Waals surface area contributed by atoms with E-state index in [2.05, 4.69) is 42.8 Å². The number of nitrogens with one attached hydrogen (secondary N) is 2. The molecule has 8 heteroatoms. The van der Waals surface area contributed by atoms with Gasteiger partial charge in [0, 0.05) is 24.4 Å². The predicted molar refractivity (Wildman–Crippen MR) is 72.9 cm³/mol. The molecule has 2 aromatic heterocycles. The second-order valence-electron chi connectivity index (χ2n) is 4.20. The molecule has 1 unspecified atom stereocenters. The van der Waals surface area contributed by atoms with Crippen LogP contribution >= 0.6 is 0 Å². The number of hydrogen-bond donors (Lipinski definition) is 3. The fourth-order valence-electron chi connectivity index (χ4n) is 1.55. The minimum absolute atomic E-state index is 0.00280. The molecule has 0 fully saturated rings. The smallest absolute Gasteiger partial charge is 0.253 e. The van der Waals surface area contributed by atoms with Gasteiger partial charge in [0.15, 0.2) is 5.82 Å². The van der Waals surface area contributed by atoms with Crippen molar-refractivity contribution in [3.05, 3.63) is 35.4 Å². The second kappa shape index (κ2) is 7.12. The van der Waals surface area contributed by atoms with E-state index >= 15 is 0 Å². The zero-order valence-corrected chi connectivity index (χ0v) is 11.4. The molecule has 3 N–H and O–H groups in total. The highest BCUT2D eigenvalue weighted by Crippen LogP contribution is 2.07. The van der Waals surface area contributed by atoms with Crippen molar-refractivity contribution in [1.82, 2.24) is 30.9 Å². The van der Waals surface area contributed by atoms with E-state index in [-0.39, 0.29) is 18.6 Å². The minimum atomic E-state index is -0.375. The Bertz CT molecular complexity index is 659. The molecule has 0 aliphatic carbocycles. The molecule has 0 spiro atoms. The van der Waals surface area contributed by atoms with Crippen molar-refractivity contribution in [2.75, 3.05) is 6.61 Å². The molecule has 0 aromatic carbocycles. The van der Waals surface area contributed by atoms with Gasteiger partial charge in [-0.25, -0.2) is 0 Å². The van der Waals surface area contributed by atoms with Crippen LogP contribution in [0.15, 0.2) is 18.5 Å². The van der Waals surface area contributed by atoms with E-state index < -0.39 is 0 Å². The molecule has 2 aromatic rings. The molecule has 1 amide bonds. The molecule has 0 saturated heterocycles. The molecule has 21 heavy (non-hydrogen) atoms. The summed E-state index contributed by atoms with van der Waals surface area (Å²) in [7, 11) is 0. The monoisotopic (exact) mass is 286 g/mol. The topological polar surface area (TPSA) is 117 Å². The third-order valence-electron chi connectivity index (χ3n) is 2.57. The number of hydrogen-bond acceptors (Lipinski definition) is 6. The number of tetrazole rings is 1. The standard InChI is InChI=1S/C13H14N6O2/c1-9(12-16-18-19-17-12)15-13(21)11-6-10(7-14-8-11)4-2-3-5-20/h6-9,20H,3,5H2,1H3,(H,15,21)(H,16,17,18,19). The molecule has 2 heterocycles. The molecular formula is C13H14N6O2. The summed E-state index contributed by atoms with van der Waals surface area (Å²) >= 11 is 0. The quantitative estimate of drug-likeness (QED) is 0.671. The second-order valence-corrected chi connectivity index (χ2v) is 4.20. The molecule has 0 bridgehead atoms. The maximum Gasteiger partial charge on any atom is 0.253 e. The van der Waals surface area contributed by atoms with Gasteiger partial charge in [0.1, 0.15) is 0 Å². The van der Waals surface area contributed by atoms with E-state index in [1.165, 1.54) is 6.20 Å². The van der Waals surface area contributed by atoms with Crippen LogP contribution in [-0.2, 0) is 0 Å². The Labute approximate surface area is 121 Å². The minimum Gasteiger partial charge on any atom is -0.395 e. The summed E-state index contributed by atoms with van der Waals surface area (Å²) in [5.41, 5.74) is 1.00. The van der Waals surface area contributed by atoms with E-state index in [1.807, 2.05) is 0 Å². The molecule has 0 aliphatic rings. The largest absolute Gasteiger partial charge is 0.395 e. The van der Waals surface area contributed by atoms with Gasteiger partial charge >= 0.3 is 0 Å². The van der Waals surface area contributed by atoms with Crippen molar-refractivity contribution in [3.63, 3.8) is 0 Å². The van der Waals surface area contributed by atoms with Gasteiger partial charge in [-0.05, 0) is 13.0 Å². The zero-order valence-electron chi connectivity index (χ0n) is 11.4. The summed E-state index contributed by atoms with van der Waals surface area (Å²) in [6.45, 7) is 1.75. The van der Waals surface area contributed by atoms with E-state index in [1.54, 1.807) is 19.2 Å². The normalized spacial score (nSPS) is 11.3. The number of aromatic amines is 1. The highest BCUT2D eigenvalue weighted by Gasteiger charge is 2.15. The van der Waals surface area contributed by atoms with Crippen molar-refractivity contribution >= 4 is 5.91 Å². The summed E-state index contributed by atoms with van der Waals surface area (Å²) in [5, 5.41) is 24.8. The first-order chi connectivity index (χ1) is 10.2. The van der Waals surface area contributed by atoms with E-state index in [0.29, 0.717) is 23.4 Å². The summed E-state index contributed by atoms with van der Waals surface area (Å²) in [6, 6.07) is 1.26. The fraction of sp³-hybridized carbons (Fsp3) is 0.308. The van der Waals surface area contributed by atoms with Gasteiger partial charge in [-0.2, -0.15) is 5.21 Å². The van der Waals surface area contributed by atoms with Crippen molar-refractivity contribution in [3.8, 4) is 11.8 Å². The lowest BCUT2D eigenvalue weighted by Gasteiger charge is -2.09. The van der Waals surface area contributed by atoms with Crippen LogP contribution < -0.4 is 5.32 Å². The van der Waals surface area contributed by atoms with E-state index in [0.717, 1.165) is 0 Å². The number of carbonyl (C=O) groups excluding carboxylic acids is 1. The molecular weight excluding hydrogens is 272 g/mol. The Morgan fingerprint density at radius 1 is 1.52 bits per heavy atom. The van der Waals surface area contributed by atoms with Gasteiger partial charge in [-0.3, -0.25) is 9.78 Å². The number of rotatable bonds is 4. The summed E-state index contributed by atoms with van der Waals surface area (Å²) in [6.07, 6.45) is 3.39. The molecule has 0 radical (unpaired) electrons. The van der Waals surface area contributed by atoms with Gasteiger partial charge in [0.05, 0.1) is 18.2 Å². The number of aliphatic hydroxyl groups is 1. The number of aliphatic hydroxyl groups excluding tert-OH is 1. The SMILES string of the molecule is CC(NC(=O)c1cncc(C#CCCO)c1)c1nn[nH]n1. The zero-order chi connectivity index (χ0) is 15.1. The van der Waals surface area contributed by atoms with Crippen LogP contribution in [-0.4, -0.2) is 43.2 Å². The van der Waals surface area contributed by atoms with E-state index in [9.17, 15) is 4.79 Å². The average molecular weight is 286 g/mol. The number of amides is 1. The van der Waals surface area contributed by atoms with Crippen molar-refractivity contribution < 1.29 is 9.90 Å². The third-order valence-corrected chi connectivity index (χ3v) is 2.57. The number of nitrogens with zero attached hydrogens (tertiary/aromatic N) is 4. The molecule has 2 rings (SSSR count). The Hall–Kier alpha value is -2.79. The van der Waals surface area contributed by atoms with Gasteiger partial charge in [-0.1, -0.05) is 17.1 Å². The fourth-order valence-corrected chi connectivity index (χ4v) is 1.55. The lowest BCUT2D eigenvalue weighted by Crippen LogP contribution is -2.27. The van der Waals surface area contributed by atoms with Crippen LogP contribution in [0.1, 0.15) is 41.1 Å². The van der Waals surface area contributed by atoms with Gasteiger partial charge in [-0.15, -0.1) is 10.2 Å². The molecule has 8 nitrogen and oxygen atoms in total. The van der Waals surface area contributed by atoms with Crippen LogP contribution in [0.3, 0.4) is 0 Å². The van der Waals surface area contributed by atoms with Crippen molar-refractivity contribution in [1.29, 1.82) is 0 Å². The molecule has 108 valence electrons. The van der Waals surface area contributed by atoms with Crippen molar-refractivity contribution in [2.45, 2.75) is 19.4 Å². The van der Waals surface area contributed by atoms with Crippen LogP contribution in [0.25, 0.3) is 0 Å². The van der Waals surface area contributed by atoms with Crippen LogP contribution in [0.2, 0.25) is 0 Å². The Morgan fingerprint density at radius 3 is 3.10 bits per heavy atom. The maximum absolute atomic E-state index is 12.1. The third kappa shape index (κ3) is 4.09. The molecule has 1 atom stereocenters. The molecule has 0 aliphatic heterocycles. The van der Waals surface area contributed by atoms with E-state index in [4.69, 9.17) is 5.11 Å². The predicted octanol–water partition coefficient (Wildman–Crippen LogP) is -0.180. The van der Waals surface area contributed by atoms with Gasteiger partial charge in [0.2, 0.25) is 0 Å². The summed E-state index contributed by atoms with van der Waals surface area (Å²) < 4.78 is 0. The number of H-pyrrole nitrogens is 1. The van der Waals surface area contributed by atoms with Gasteiger partial charge < -0.3 is 10.4 Å². The van der Waals surface area contributed by atoms with Crippen LogP contribution in [0.5, 0.6) is 0 Å². The average Bonchev–Trinajstić information content (AvgIpc) is 3.02. The Balaban J connectivity index is 2.06. The van der Waals surface area contributed by atoms with Crippen LogP contribution in [0, 0.1) is 11.8 Å². The Kier molecular flexibility index (Phi) is 4.95. The lowest BCUT2D eigenvalue weighted by molar-refractivity contribution is 0.0938. The number of carbonyl (C=O) groups is 1. The number of pyridine rings is 1. The summed E-state index contributed by atoms with van der Waals surface area (Å²) in [4.78, 5) is 16.1. The summed E-state index contributed by atoms with van der Waals surface area (Å²) in [5.74, 6) is 5.70. The van der Waals surface area contributed by atoms with Crippen molar-refractivity contribution in [2.24, 2.45) is 0 Å². The lowest BCUT2D eigenvalue weighted by atomic mass is 10.2. The maximum atomic E-state index is 12.1. The highest BCUT2D eigenvalue weighted by atomic mass is 16.2. The Morgan fingerprint density at radius 2 is 2.38 bits per heavy atom. The highest BCUT2D eigenvalue weighted by molar-refractivity contribution is 5.94. The van der Waals surface area contributed by atoms with Gasteiger partial charge in [0.25, 0.3) is 5.91 Å². The first kappa shape index (κ1) is 14.6. The first-order valence-electron chi connectivity index (χ1n) is 6.29. The van der Waals surface area contributed by atoms with Crippen LogP contribution in [0.4, 0.5) is 0 Å². The number of aromatic nitrogens is 5. The first-order valence-corrected chi connectivity index (χ1v) is 6.29.